The molecule has 0 aliphatic heterocycles. The van der Waals surface area contributed by atoms with Crippen LogP contribution in [0.5, 0.6) is 0 Å². The van der Waals surface area contributed by atoms with Crippen LogP contribution in [0.25, 0.3) is 0 Å². The third kappa shape index (κ3) is 5.30. The molecular weight excluding hydrogens is 188 g/mol. The van der Waals surface area contributed by atoms with Gasteiger partial charge in [0.05, 0.1) is 0 Å². The van der Waals surface area contributed by atoms with E-state index in [2.05, 4.69) is 42.7 Å². The van der Waals surface area contributed by atoms with Crippen molar-refractivity contribution in [3.63, 3.8) is 0 Å². The van der Waals surface area contributed by atoms with Crippen LogP contribution in [0.15, 0.2) is 0 Å². The van der Waals surface area contributed by atoms with Crippen molar-refractivity contribution in [2.24, 2.45) is 0 Å². The van der Waals surface area contributed by atoms with Gasteiger partial charge < -0.3 is 4.57 Å². The first-order valence-electron chi connectivity index (χ1n) is 4.17. The summed E-state index contributed by atoms with van der Waals surface area (Å²) >= 11 is 0. The molecule has 0 aromatic heterocycles. The summed E-state index contributed by atoms with van der Waals surface area (Å²) in [6.07, 6.45) is 2.41. The van der Waals surface area contributed by atoms with E-state index in [9.17, 15) is 0 Å². The van der Waals surface area contributed by atoms with E-state index in [-0.39, 0.29) is 0 Å². The zero-order valence-electron chi connectivity index (χ0n) is 7.93. The van der Waals surface area contributed by atoms with Crippen molar-refractivity contribution in [1.29, 1.82) is 0 Å². The Kier molecular flexibility index (Phi) is 6.17. The van der Waals surface area contributed by atoms with Crippen molar-refractivity contribution in [2.45, 2.75) is 19.6 Å². The average Bonchev–Trinajstić information content (AvgIpc) is 1.85. The Bertz CT molecular complexity index is 97.1. The Hall–Kier alpha value is 1.04. The topological polar surface area (TPSA) is 3.24 Å². The van der Waals surface area contributed by atoms with Gasteiger partial charge in [0.2, 0.25) is 0 Å². The summed E-state index contributed by atoms with van der Waals surface area (Å²) < 4.78 is 2.65. The van der Waals surface area contributed by atoms with Crippen LogP contribution in [-0.2, 0) is 0 Å². The van der Waals surface area contributed by atoms with Gasteiger partial charge in [0.1, 0.15) is 8.24 Å². The van der Waals surface area contributed by atoms with Crippen LogP contribution in [0.2, 0.25) is 19.6 Å². The summed E-state index contributed by atoms with van der Waals surface area (Å²) in [5.41, 5.74) is 0. The van der Waals surface area contributed by atoms with Gasteiger partial charge in [0.15, 0.2) is 0 Å². The normalized spacial score (nSPS) is 12.5. The molecule has 0 saturated carbocycles. The average molecular weight is 209 g/mol. The van der Waals surface area contributed by atoms with E-state index in [0.29, 0.717) is 0 Å². The summed E-state index contributed by atoms with van der Waals surface area (Å²) in [4.78, 5) is 0. The van der Waals surface area contributed by atoms with Crippen molar-refractivity contribution in [2.75, 3.05) is 25.4 Å². The molecule has 0 fully saturated rings. The first-order valence-corrected chi connectivity index (χ1v) is 9.25. The van der Waals surface area contributed by atoms with Crippen LogP contribution in [-0.4, -0.2) is 38.2 Å². The largest absolute Gasteiger partial charge is 0.323 e. The highest BCUT2D eigenvalue weighted by Gasteiger charge is 2.21. The van der Waals surface area contributed by atoms with Crippen molar-refractivity contribution in [1.82, 2.24) is 4.57 Å². The highest BCUT2D eigenvalue weighted by Crippen LogP contribution is 2.09. The maximum absolute atomic E-state index is 2.80. The fraction of sp³-hybridized carbons (Fsp3) is 1.00. The van der Waals surface area contributed by atoms with Gasteiger partial charge in [0, 0.05) is 0 Å². The summed E-state index contributed by atoms with van der Waals surface area (Å²) in [5, 5.41) is 0. The molecule has 0 aliphatic carbocycles. The third-order valence-electron chi connectivity index (χ3n) is 1.75. The molecule has 0 amide bonds. The second kappa shape index (κ2) is 5.64. The zero-order valence-corrected chi connectivity index (χ0v) is 11.2. The lowest BCUT2D eigenvalue weighted by molar-refractivity contribution is 0.477. The molecule has 0 bridgehead atoms. The van der Waals surface area contributed by atoms with Gasteiger partial charge in [0.25, 0.3) is 0 Å². The van der Waals surface area contributed by atoms with Crippen LogP contribution in [0, 0.1) is 0 Å². The lowest BCUT2D eigenvalue weighted by atomic mass is 10.6. The molecule has 0 heterocycles. The Labute approximate surface area is 76.8 Å². The lowest BCUT2D eigenvalue weighted by Crippen LogP contribution is -2.47. The number of rotatable bonds is 5. The molecule has 0 spiro atoms. The van der Waals surface area contributed by atoms with Gasteiger partial charge in [-0.25, -0.2) is 0 Å². The standard InChI is InChI=1S/C7H21NP2Si/c1-11(2,3)8(4-6-9)5-7-10/h4-7,9-10H2,1-3H3. The number of nitrogens with zero attached hydrogens (tertiary/aromatic N) is 1. The van der Waals surface area contributed by atoms with Crippen molar-refractivity contribution < 1.29 is 0 Å². The minimum absolute atomic E-state index is 1.02. The molecule has 0 aliphatic rings. The van der Waals surface area contributed by atoms with Crippen LogP contribution >= 0.6 is 18.5 Å². The van der Waals surface area contributed by atoms with Gasteiger partial charge in [-0.05, 0) is 25.4 Å². The number of hydrogen-bond donors (Lipinski definition) is 0. The SMILES string of the molecule is C[Si](C)(C)N(CCP)CCP. The van der Waals surface area contributed by atoms with Gasteiger partial charge in [-0.2, -0.15) is 0 Å². The maximum atomic E-state index is 2.80. The molecular formula is C7H21NP2Si. The molecule has 0 N–H and O–H groups in total. The molecule has 4 heteroatoms. The highest BCUT2D eigenvalue weighted by molar-refractivity contribution is 7.16. The van der Waals surface area contributed by atoms with E-state index in [1.807, 2.05) is 0 Å². The fourth-order valence-electron chi connectivity index (χ4n) is 1.09. The second-order valence-corrected chi connectivity index (χ2v) is 9.86. The van der Waals surface area contributed by atoms with E-state index in [1.165, 1.54) is 25.4 Å². The predicted octanol–water partition coefficient (Wildman–Crippen LogP) is 1.87. The summed E-state index contributed by atoms with van der Waals surface area (Å²) in [5.74, 6) is 0. The van der Waals surface area contributed by atoms with E-state index in [0.717, 1.165) is 0 Å². The fourth-order valence-corrected chi connectivity index (χ4v) is 3.83. The first kappa shape index (κ1) is 12.0. The molecule has 11 heavy (non-hydrogen) atoms. The Morgan fingerprint density at radius 3 is 1.55 bits per heavy atom. The predicted molar refractivity (Wildman–Crippen MR) is 64.1 cm³/mol. The Balaban J connectivity index is 3.88. The zero-order chi connectivity index (χ0) is 8.91. The molecule has 2 unspecified atom stereocenters. The van der Waals surface area contributed by atoms with Crippen LogP contribution in [0.4, 0.5) is 0 Å². The molecule has 1 nitrogen and oxygen atoms in total. The van der Waals surface area contributed by atoms with Gasteiger partial charge in [-0.1, -0.05) is 19.6 Å². The molecule has 0 saturated heterocycles. The second-order valence-electron chi connectivity index (χ2n) is 3.74. The maximum Gasteiger partial charge on any atom is 0.119 e. The monoisotopic (exact) mass is 209 g/mol. The molecule has 68 valence electrons. The molecule has 2 atom stereocenters. The third-order valence-corrected chi connectivity index (χ3v) is 4.61. The Morgan fingerprint density at radius 1 is 1.00 bits per heavy atom. The molecule has 0 aromatic rings. The summed E-state index contributed by atoms with van der Waals surface area (Å²) in [6.45, 7) is 9.72. The minimum atomic E-state index is -1.02. The Morgan fingerprint density at radius 2 is 1.36 bits per heavy atom. The molecule has 0 radical (unpaired) electrons. The van der Waals surface area contributed by atoms with E-state index in [1.54, 1.807) is 0 Å². The summed E-state index contributed by atoms with van der Waals surface area (Å²) in [7, 11) is 4.59. The van der Waals surface area contributed by atoms with Crippen LogP contribution in [0.3, 0.4) is 0 Å². The quantitative estimate of drug-likeness (QED) is 0.493. The molecule has 0 aromatic carbocycles. The lowest BCUT2D eigenvalue weighted by Gasteiger charge is -2.33. The van der Waals surface area contributed by atoms with Gasteiger partial charge in [-0.3, -0.25) is 0 Å². The van der Waals surface area contributed by atoms with E-state index < -0.39 is 8.24 Å². The number of hydrogen-bond acceptors (Lipinski definition) is 1. The van der Waals surface area contributed by atoms with Gasteiger partial charge >= 0.3 is 0 Å². The van der Waals surface area contributed by atoms with Crippen LogP contribution < -0.4 is 0 Å². The van der Waals surface area contributed by atoms with Crippen molar-refractivity contribution in [3.8, 4) is 0 Å². The van der Waals surface area contributed by atoms with Crippen molar-refractivity contribution in [3.05, 3.63) is 0 Å². The minimum Gasteiger partial charge on any atom is -0.323 e. The first-order chi connectivity index (χ1) is 5.02. The van der Waals surface area contributed by atoms with Crippen molar-refractivity contribution >= 4 is 26.7 Å². The molecule has 0 rings (SSSR count). The van der Waals surface area contributed by atoms with Gasteiger partial charge in [-0.15, -0.1) is 18.5 Å². The van der Waals surface area contributed by atoms with Crippen LogP contribution in [0.1, 0.15) is 0 Å². The smallest absolute Gasteiger partial charge is 0.119 e. The highest BCUT2D eigenvalue weighted by atomic mass is 31.0. The van der Waals surface area contributed by atoms with E-state index >= 15 is 0 Å². The van der Waals surface area contributed by atoms with E-state index in [4.69, 9.17) is 0 Å². The summed E-state index contributed by atoms with van der Waals surface area (Å²) in [6, 6.07) is 0.